The highest BCUT2D eigenvalue weighted by Gasteiger charge is 2.27. The second-order valence-electron chi connectivity index (χ2n) is 5.10. The summed E-state index contributed by atoms with van der Waals surface area (Å²) < 4.78 is 0.923. The molecule has 1 heterocycles. The summed E-state index contributed by atoms with van der Waals surface area (Å²) in [6.45, 7) is 2.27. The van der Waals surface area contributed by atoms with Crippen molar-refractivity contribution < 1.29 is 4.79 Å². The van der Waals surface area contributed by atoms with E-state index in [9.17, 15) is 4.79 Å². The van der Waals surface area contributed by atoms with Crippen molar-refractivity contribution in [1.29, 1.82) is 0 Å². The van der Waals surface area contributed by atoms with Gasteiger partial charge in [0, 0.05) is 17.6 Å². The predicted molar refractivity (Wildman–Crippen MR) is 80.1 cm³/mol. The van der Waals surface area contributed by atoms with E-state index in [0.717, 1.165) is 28.1 Å². The molecule has 100 valence electrons. The molecule has 1 amide bonds. The Bertz CT molecular complexity index is 410. The lowest BCUT2D eigenvalue weighted by Gasteiger charge is -2.34. The summed E-state index contributed by atoms with van der Waals surface area (Å²) in [6.07, 6.45) is 6.13. The van der Waals surface area contributed by atoms with Gasteiger partial charge in [0.15, 0.2) is 0 Å². The summed E-state index contributed by atoms with van der Waals surface area (Å²) in [6, 6.07) is 2.37. The molecule has 2 nitrogen and oxygen atoms in total. The fourth-order valence-electron chi connectivity index (χ4n) is 2.71. The van der Waals surface area contributed by atoms with Gasteiger partial charge in [0.1, 0.15) is 4.88 Å². The number of carbonyl (C=O) groups is 1. The van der Waals surface area contributed by atoms with E-state index >= 15 is 0 Å². The highest BCUT2D eigenvalue weighted by atomic mass is 79.9. The van der Waals surface area contributed by atoms with Crippen molar-refractivity contribution in [3.05, 3.63) is 20.8 Å². The van der Waals surface area contributed by atoms with Gasteiger partial charge in [0.25, 0.3) is 5.91 Å². The SMILES string of the molecule is CCC1CCC(N(C)C(=O)c2sccc2Br)CC1. The van der Waals surface area contributed by atoms with Gasteiger partial charge in [0.05, 0.1) is 0 Å². The molecular weight excluding hydrogens is 310 g/mol. The van der Waals surface area contributed by atoms with Gasteiger partial charge in [-0.1, -0.05) is 13.3 Å². The van der Waals surface area contributed by atoms with Gasteiger partial charge in [-0.2, -0.15) is 0 Å². The Balaban J connectivity index is 1.98. The molecule has 1 aliphatic rings. The van der Waals surface area contributed by atoms with Gasteiger partial charge in [-0.25, -0.2) is 0 Å². The summed E-state index contributed by atoms with van der Waals surface area (Å²) in [7, 11) is 1.95. The maximum absolute atomic E-state index is 12.4. The molecule has 18 heavy (non-hydrogen) atoms. The second kappa shape index (κ2) is 6.20. The van der Waals surface area contributed by atoms with Crippen LogP contribution in [0.1, 0.15) is 48.7 Å². The van der Waals surface area contributed by atoms with Crippen LogP contribution in [0.2, 0.25) is 0 Å². The molecule has 1 saturated carbocycles. The fourth-order valence-corrected chi connectivity index (χ4v) is 4.24. The molecule has 0 spiro atoms. The number of amides is 1. The van der Waals surface area contributed by atoms with Crippen molar-refractivity contribution in [3.63, 3.8) is 0 Å². The smallest absolute Gasteiger partial charge is 0.265 e. The van der Waals surface area contributed by atoms with Crippen molar-refractivity contribution in [3.8, 4) is 0 Å². The molecule has 1 aliphatic carbocycles. The van der Waals surface area contributed by atoms with E-state index in [2.05, 4.69) is 22.9 Å². The van der Waals surface area contributed by atoms with E-state index < -0.39 is 0 Å². The van der Waals surface area contributed by atoms with Crippen LogP contribution < -0.4 is 0 Å². The van der Waals surface area contributed by atoms with E-state index in [4.69, 9.17) is 0 Å². The zero-order valence-electron chi connectivity index (χ0n) is 11.0. The minimum absolute atomic E-state index is 0.164. The van der Waals surface area contributed by atoms with Crippen molar-refractivity contribution in [2.75, 3.05) is 7.05 Å². The van der Waals surface area contributed by atoms with Crippen LogP contribution in [-0.2, 0) is 0 Å². The van der Waals surface area contributed by atoms with Crippen molar-refractivity contribution in [1.82, 2.24) is 4.90 Å². The molecule has 0 aromatic carbocycles. The van der Waals surface area contributed by atoms with Crippen LogP contribution in [0.5, 0.6) is 0 Å². The van der Waals surface area contributed by atoms with E-state index in [1.54, 1.807) is 0 Å². The zero-order chi connectivity index (χ0) is 13.1. The minimum Gasteiger partial charge on any atom is -0.338 e. The molecule has 0 saturated heterocycles. The minimum atomic E-state index is 0.164. The Morgan fingerprint density at radius 1 is 1.44 bits per heavy atom. The quantitative estimate of drug-likeness (QED) is 0.796. The Hall–Kier alpha value is -0.350. The number of hydrogen-bond donors (Lipinski definition) is 0. The van der Waals surface area contributed by atoms with E-state index in [1.807, 2.05) is 23.4 Å². The van der Waals surface area contributed by atoms with Crippen LogP contribution in [0.15, 0.2) is 15.9 Å². The second-order valence-corrected chi connectivity index (χ2v) is 6.87. The highest BCUT2D eigenvalue weighted by molar-refractivity contribution is 9.10. The molecule has 0 radical (unpaired) electrons. The maximum atomic E-state index is 12.4. The Morgan fingerprint density at radius 2 is 2.11 bits per heavy atom. The summed E-state index contributed by atoms with van der Waals surface area (Å²) in [5.74, 6) is 1.04. The number of thiophene rings is 1. The van der Waals surface area contributed by atoms with Gasteiger partial charge in [-0.15, -0.1) is 11.3 Å². The normalized spacial score (nSPS) is 23.9. The van der Waals surface area contributed by atoms with Crippen LogP contribution >= 0.6 is 27.3 Å². The zero-order valence-corrected chi connectivity index (χ0v) is 13.4. The Morgan fingerprint density at radius 3 is 2.61 bits per heavy atom. The number of hydrogen-bond acceptors (Lipinski definition) is 2. The summed E-state index contributed by atoms with van der Waals surface area (Å²) in [5.41, 5.74) is 0. The molecule has 0 aliphatic heterocycles. The lowest BCUT2D eigenvalue weighted by molar-refractivity contribution is 0.0679. The first kappa shape index (κ1) is 14.1. The molecule has 1 aromatic rings. The Labute approximate surface area is 122 Å². The maximum Gasteiger partial charge on any atom is 0.265 e. The number of halogens is 1. The van der Waals surface area contributed by atoms with Gasteiger partial charge in [0.2, 0.25) is 0 Å². The average Bonchev–Trinajstić information content (AvgIpc) is 2.83. The van der Waals surface area contributed by atoms with Gasteiger partial charge < -0.3 is 4.90 Å². The van der Waals surface area contributed by atoms with Crippen LogP contribution in [0, 0.1) is 5.92 Å². The first-order valence-corrected chi connectivity index (χ1v) is 8.30. The number of carbonyl (C=O) groups excluding carboxylic acids is 1. The van der Waals surface area contributed by atoms with E-state index in [-0.39, 0.29) is 5.91 Å². The average molecular weight is 330 g/mol. The van der Waals surface area contributed by atoms with Crippen molar-refractivity contribution >= 4 is 33.2 Å². The van der Waals surface area contributed by atoms with Crippen LogP contribution in [-0.4, -0.2) is 23.9 Å². The molecule has 0 bridgehead atoms. The molecule has 1 fully saturated rings. The summed E-state index contributed by atoms with van der Waals surface area (Å²) >= 11 is 4.96. The predicted octanol–water partition coefficient (Wildman–Crippen LogP) is 4.55. The van der Waals surface area contributed by atoms with Gasteiger partial charge in [-0.05, 0) is 59.0 Å². The largest absolute Gasteiger partial charge is 0.338 e. The van der Waals surface area contributed by atoms with Crippen LogP contribution in [0.4, 0.5) is 0 Å². The van der Waals surface area contributed by atoms with E-state index in [0.29, 0.717) is 6.04 Å². The molecule has 0 N–H and O–H groups in total. The van der Waals surface area contributed by atoms with Gasteiger partial charge in [-0.3, -0.25) is 4.79 Å². The lowest BCUT2D eigenvalue weighted by atomic mass is 9.84. The van der Waals surface area contributed by atoms with Crippen LogP contribution in [0.3, 0.4) is 0 Å². The molecule has 0 unspecified atom stereocenters. The Kier molecular flexibility index (Phi) is 4.84. The topological polar surface area (TPSA) is 20.3 Å². The van der Waals surface area contributed by atoms with Crippen molar-refractivity contribution in [2.45, 2.75) is 45.1 Å². The standard InChI is InChI=1S/C14H20BrNOS/c1-3-10-4-6-11(7-5-10)16(2)14(17)13-12(15)8-9-18-13/h8-11H,3-7H2,1-2H3. The molecule has 0 atom stereocenters. The van der Waals surface area contributed by atoms with E-state index in [1.165, 1.54) is 30.6 Å². The molecular formula is C14H20BrNOS. The van der Waals surface area contributed by atoms with Gasteiger partial charge >= 0.3 is 0 Å². The number of rotatable bonds is 3. The third-order valence-corrected chi connectivity index (χ3v) is 5.90. The lowest BCUT2D eigenvalue weighted by Crippen LogP contribution is -2.39. The summed E-state index contributed by atoms with van der Waals surface area (Å²) in [4.78, 5) is 15.2. The van der Waals surface area contributed by atoms with Crippen molar-refractivity contribution in [2.24, 2.45) is 5.92 Å². The molecule has 1 aromatic heterocycles. The third kappa shape index (κ3) is 2.97. The summed E-state index contributed by atoms with van der Waals surface area (Å²) in [5, 5.41) is 1.96. The molecule has 2 rings (SSSR count). The van der Waals surface area contributed by atoms with Crippen LogP contribution in [0.25, 0.3) is 0 Å². The first-order chi connectivity index (χ1) is 8.63. The number of nitrogens with zero attached hydrogens (tertiary/aromatic N) is 1. The highest BCUT2D eigenvalue weighted by Crippen LogP contribution is 2.31. The first-order valence-electron chi connectivity index (χ1n) is 6.63. The third-order valence-electron chi connectivity index (χ3n) is 4.07. The monoisotopic (exact) mass is 329 g/mol. The fraction of sp³-hybridized carbons (Fsp3) is 0.643. The molecule has 4 heteroatoms.